The van der Waals surface area contributed by atoms with Gasteiger partial charge < -0.3 is 9.26 Å². The van der Waals surface area contributed by atoms with E-state index in [4.69, 9.17) is 9.26 Å². The molecule has 0 bridgehead atoms. The van der Waals surface area contributed by atoms with E-state index in [1.807, 2.05) is 81.4 Å². The van der Waals surface area contributed by atoms with Crippen molar-refractivity contribution in [3.63, 3.8) is 0 Å². The Morgan fingerprint density at radius 3 is 1.72 bits per heavy atom. The summed E-state index contributed by atoms with van der Waals surface area (Å²) >= 11 is 0. The number of hydrogen-bond donors (Lipinski definition) is 0. The zero-order valence-corrected chi connectivity index (χ0v) is 15.3. The van der Waals surface area contributed by atoms with Crippen LogP contribution in [0.2, 0.25) is 0 Å². The van der Waals surface area contributed by atoms with Crippen LogP contribution in [0.15, 0.2) is 60.7 Å². The van der Waals surface area contributed by atoms with E-state index >= 15 is 0 Å². The van der Waals surface area contributed by atoms with Gasteiger partial charge >= 0.3 is 7.37 Å². The second kappa shape index (κ2) is 5.79. The Hall–Kier alpha value is -2.51. The molecule has 0 atom stereocenters. The lowest BCUT2D eigenvalue weighted by molar-refractivity contribution is 0.466. The van der Waals surface area contributed by atoms with E-state index in [2.05, 4.69) is 0 Å². The van der Waals surface area contributed by atoms with Gasteiger partial charge in [-0.3, -0.25) is 4.57 Å². The quantitative estimate of drug-likeness (QED) is 0.609. The van der Waals surface area contributed by atoms with Crippen molar-refractivity contribution < 1.29 is 13.8 Å². The van der Waals surface area contributed by atoms with Crippen molar-refractivity contribution in [1.82, 2.24) is 0 Å². The fourth-order valence-corrected chi connectivity index (χ4v) is 5.42. The van der Waals surface area contributed by atoms with Gasteiger partial charge in [-0.05, 0) is 68.3 Å². The molecular weight excluding hydrogens is 331 g/mol. The lowest BCUT2D eigenvalue weighted by atomic mass is 10.2. The summed E-state index contributed by atoms with van der Waals surface area (Å²) in [5.74, 6) is 1.78. The van der Waals surface area contributed by atoms with Crippen molar-refractivity contribution in [2.45, 2.75) is 20.8 Å². The maximum atomic E-state index is 14.1. The van der Waals surface area contributed by atoms with E-state index in [9.17, 15) is 4.57 Å². The van der Waals surface area contributed by atoms with Gasteiger partial charge in [0, 0.05) is 0 Å². The summed E-state index contributed by atoms with van der Waals surface area (Å²) in [6.45, 7) is 5.96. The van der Waals surface area contributed by atoms with Crippen molar-refractivity contribution in [3.05, 3.63) is 77.4 Å². The Bertz CT molecular complexity index is 951. The van der Waals surface area contributed by atoms with Crippen LogP contribution in [0.3, 0.4) is 0 Å². The van der Waals surface area contributed by atoms with Crippen LogP contribution in [0.5, 0.6) is 17.2 Å². The summed E-state index contributed by atoms with van der Waals surface area (Å²) in [6.07, 6.45) is 0. The second-order valence-electron chi connectivity index (χ2n) is 6.50. The van der Waals surface area contributed by atoms with E-state index in [0.717, 1.165) is 16.7 Å². The smallest absolute Gasteiger partial charge is 0.314 e. The third-order valence-corrected chi connectivity index (χ3v) is 6.77. The summed E-state index contributed by atoms with van der Waals surface area (Å²) in [7, 11) is -3.31. The summed E-state index contributed by atoms with van der Waals surface area (Å²) in [5.41, 5.74) is 3.17. The largest absolute Gasteiger partial charge is 0.456 e. The number of aryl methyl sites for hydroxylation is 3. The zero-order valence-electron chi connectivity index (χ0n) is 14.4. The summed E-state index contributed by atoms with van der Waals surface area (Å²) in [5, 5.41) is 1.23. The molecule has 1 aliphatic rings. The highest BCUT2D eigenvalue weighted by Crippen LogP contribution is 2.53. The fourth-order valence-electron chi connectivity index (χ4n) is 2.98. The Morgan fingerprint density at radius 1 is 0.720 bits per heavy atom. The van der Waals surface area contributed by atoms with Crippen molar-refractivity contribution in [2.24, 2.45) is 0 Å². The molecule has 0 aliphatic carbocycles. The molecule has 126 valence electrons. The minimum Gasteiger partial charge on any atom is -0.456 e. The topological polar surface area (TPSA) is 35.5 Å². The van der Waals surface area contributed by atoms with Crippen LogP contribution < -0.4 is 19.9 Å². The average Bonchev–Trinajstić information content (AvgIpc) is 2.59. The predicted molar refractivity (Wildman–Crippen MR) is 101 cm³/mol. The lowest BCUT2D eigenvalue weighted by Gasteiger charge is -2.29. The molecule has 0 fully saturated rings. The Balaban J connectivity index is 1.93. The first kappa shape index (κ1) is 16.0. The molecule has 3 aromatic rings. The molecule has 1 aliphatic heterocycles. The molecule has 0 unspecified atom stereocenters. The lowest BCUT2D eigenvalue weighted by Crippen LogP contribution is -2.27. The normalized spacial score (nSPS) is 14.2. The van der Waals surface area contributed by atoms with E-state index in [1.165, 1.54) is 0 Å². The van der Waals surface area contributed by atoms with Gasteiger partial charge in [0.15, 0.2) is 0 Å². The average molecular weight is 350 g/mol. The maximum Gasteiger partial charge on any atom is 0.314 e. The minimum atomic E-state index is -3.31. The number of hydrogen-bond acceptors (Lipinski definition) is 3. The van der Waals surface area contributed by atoms with Crippen LogP contribution in [-0.4, -0.2) is 0 Å². The summed E-state index contributed by atoms with van der Waals surface area (Å²) < 4.78 is 26.3. The molecule has 0 N–H and O–H groups in total. The van der Waals surface area contributed by atoms with Crippen LogP contribution in [0, 0.1) is 20.8 Å². The molecule has 3 nitrogen and oxygen atoms in total. The Kier molecular flexibility index (Phi) is 3.70. The van der Waals surface area contributed by atoms with Crippen LogP contribution in [0.1, 0.15) is 16.7 Å². The van der Waals surface area contributed by atoms with E-state index in [-0.39, 0.29) is 0 Å². The minimum absolute atomic E-state index is 0.593. The van der Waals surface area contributed by atoms with E-state index in [1.54, 1.807) is 0 Å². The summed E-state index contributed by atoms with van der Waals surface area (Å²) in [4.78, 5) is 0. The summed E-state index contributed by atoms with van der Waals surface area (Å²) in [6, 6.07) is 19.0. The Labute approximate surface area is 147 Å². The molecule has 4 rings (SSSR count). The Morgan fingerprint density at radius 2 is 1.20 bits per heavy atom. The first-order valence-corrected chi connectivity index (χ1v) is 9.85. The highest BCUT2D eigenvalue weighted by atomic mass is 31.2. The van der Waals surface area contributed by atoms with Crippen molar-refractivity contribution >= 4 is 18.0 Å². The molecule has 4 heteroatoms. The SMILES string of the molecule is Cc1ccc(OP2(=O)c3cc(C)ccc3Oc3ccc(C)cc32)cc1. The molecule has 3 aromatic carbocycles. The standard InChI is InChI=1S/C21H19O3P/c1-14-4-8-17(9-5-14)24-25(22)20-12-15(2)6-10-18(20)23-19-11-7-16(3)13-21(19)25/h4-13H,1-3H3. The van der Waals surface area contributed by atoms with Gasteiger partial charge in [0.1, 0.15) is 17.2 Å². The highest BCUT2D eigenvalue weighted by Gasteiger charge is 2.40. The van der Waals surface area contributed by atoms with Gasteiger partial charge in [0.2, 0.25) is 0 Å². The molecule has 0 saturated carbocycles. The first-order valence-electron chi connectivity index (χ1n) is 8.22. The highest BCUT2D eigenvalue weighted by molar-refractivity contribution is 7.75. The third kappa shape index (κ3) is 2.75. The number of ether oxygens (including phenoxy) is 1. The van der Waals surface area contributed by atoms with E-state index < -0.39 is 7.37 Å². The van der Waals surface area contributed by atoms with Crippen molar-refractivity contribution in [3.8, 4) is 17.2 Å². The van der Waals surface area contributed by atoms with Gasteiger partial charge in [0.05, 0.1) is 10.6 Å². The van der Waals surface area contributed by atoms with Crippen LogP contribution >= 0.6 is 7.37 Å². The molecular formula is C21H19O3P. The van der Waals surface area contributed by atoms with Gasteiger partial charge in [-0.15, -0.1) is 0 Å². The van der Waals surface area contributed by atoms with Crippen molar-refractivity contribution in [2.75, 3.05) is 0 Å². The third-order valence-electron chi connectivity index (χ3n) is 4.34. The van der Waals surface area contributed by atoms with Crippen LogP contribution in [-0.2, 0) is 4.57 Å². The molecule has 0 spiro atoms. The zero-order chi connectivity index (χ0) is 17.6. The molecule has 0 radical (unpaired) electrons. The molecule has 1 heterocycles. The second-order valence-corrected chi connectivity index (χ2v) is 8.75. The molecule has 0 amide bonds. The van der Waals surface area contributed by atoms with Crippen LogP contribution in [0.25, 0.3) is 0 Å². The van der Waals surface area contributed by atoms with Gasteiger partial charge in [-0.25, -0.2) is 0 Å². The fraction of sp³-hybridized carbons (Fsp3) is 0.143. The monoisotopic (exact) mass is 350 g/mol. The molecule has 0 saturated heterocycles. The van der Waals surface area contributed by atoms with Gasteiger partial charge in [-0.1, -0.05) is 29.8 Å². The predicted octanol–water partition coefficient (Wildman–Crippen LogP) is 5.03. The van der Waals surface area contributed by atoms with Crippen molar-refractivity contribution in [1.29, 1.82) is 0 Å². The van der Waals surface area contributed by atoms with E-state index in [0.29, 0.717) is 27.9 Å². The first-order chi connectivity index (χ1) is 12.0. The van der Waals surface area contributed by atoms with Crippen LogP contribution in [0.4, 0.5) is 0 Å². The number of rotatable bonds is 2. The molecule has 25 heavy (non-hydrogen) atoms. The maximum absolute atomic E-state index is 14.1. The molecule has 0 aromatic heterocycles. The van der Waals surface area contributed by atoms with Gasteiger partial charge in [0.25, 0.3) is 0 Å². The number of benzene rings is 3. The van der Waals surface area contributed by atoms with Gasteiger partial charge in [-0.2, -0.15) is 0 Å². The number of fused-ring (bicyclic) bond motifs is 2.